The summed E-state index contributed by atoms with van der Waals surface area (Å²) in [6, 6.07) is 19.8. The molecule has 23 heavy (non-hydrogen) atoms. The number of nitrogens with zero attached hydrogens (tertiary/aromatic N) is 1. The van der Waals surface area contributed by atoms with Crippen LogP contribution in [0.1, 0.15) is 37.2 Å². The highest BCUT2D eigenvalue weighted by atomic mass is 16.7. The van der Waals surface area contributed by atoms with Crippen molar-refractivity contribution in [3.05, 3.63) is 66.2 Å². The zero-order valence-electron chi connectivity index (χ0n) is 12.9. The van der Waals surface area contributed by atoms with E-state index in [2.05, 4.69) is 34.7 Å². The standard InChI is InChI=1S/C19H20N2O2/c22-19(20-17-9-5-2-6-10-17)23-21-18-13-11-16(12-14-18)15-7-3-1-4-8-15/h1-10,16H,11-14H2,(H,20,22). The van der Waals surface area contributed by atoms with Crippen LogP contribution in [0, 0.1) is 0 Å². The van der Waals surface area contributed by atoms with Crippen molar-refractivity contribution < 1.29 is 9.63 Å². The summed E-state index contributed by atoms with van der Waals surface area (Å²) in [4.78, 5) is 16.7. The van der Waals surface area contributed by atoms with Crippen molar-refractivity contribution in [2.45, 2.75) is 31.6 Å². The van der Waals surface area contributed by atoms with Crippen molar-refractivity contribution in [1.82, 2.24) is 0 Å². The Morgan fingerprint density at radius 1 is 0.957 bits per heavy atom. The molecule has 2 aromatic rings. The summed E-state index contributed by atoms with van der Waals surface area (Å²) in [5, 5.41) is 6.66. The van der Waals surface area contributed by atoms with Crippen LogP contribution in [0.2, 0.25) is 0 Å². The number of oxime groups is 1. The second-order valence-electron chi connectivity index (χ2n) is 5.71. The fourth-order valence-electron chi connectivity index (χ4n) is 2.87. The first-order valence-corrected chi connectivity index (χ1v) is 7.95. The van der Waals surface area contributed by atoms with Crippen LogP contribution in [0.3, 0.4) is 0 Å². The molecule has 1 saturated carbocycles. The lowest BCUT2D eigenvalue weighted by Crippen LogP contribution is -2.16. The smallest absolute Gasteiger partial charge is 0.298 e. The lowest BCUT2D eigenvalue weighted by atomic mass is 9.83. The first kappa shape index (κ1) is 15.3. The molecule has 118 valence electrons. The van der Waals surface area contributed by atoms with E-state index in [1.807, 2.05) is 24.3 Å². The van der Waals surface area contributed by atoms with Gasteiger partial charge in [-0.25, -0.2) is 4.79 Å². The molecule has 0 aliphatic heterocycles. The monoisotopic (exact) mass is 308 g/mol. The first-order valence-electron chi connectivity index (χ1n) is 7.95. The van der Waals surface area contributed by atoms with Crippen molar-refractivity contribution >= 4 is 17.5 Å². The molecule has 0 saturated heterocycles. The van der Waals surface area contributed by atoms with Crippen molar-refractivity contribution in [3.63, 3.8) is 0 Å². The summed E-state index contributed by atoms with van der Waals surface area (Å²) in [6.45, 7) is 0. The maximum Gasteiger partial charge on any atom is 0.437 e. The predicted octanol–water partition coefficient (Wildman–Crippen LogP) is 4.95. The maximum absolute atomic E-state index is 11.7. The number of rotatable bonds is 3. The largest absolute Gasteiger partial charge is 0.437 e. The highest BCUT2D eigenvalue weighted by Gasteiger charge is 2.19. The first-order chi connectivity index (χ1) is 11.3. The molecule has 0 heterocycles. The Hall–Kier alpha value is -2.62. The molecule has 0 radical (unpaired) electrons. The Morgan fingerprint density at radius 3 is 2.22 bits per heavy atom. The molecule has 0 bridgehead atoms. The molecule has 1 aliphatic rings. The fourth-order valence-corrected chi connectivity index (χ4v) is 2.87. The normalized spacial score (nSPS) is 17.4. The molecule has 1 aliphatic carbocycles. The SMILES string of the molecule is O=C(Nc1ccccc1)ON=C1CCC(c2ccccc2)CC1. The summed E-state index contributed by atoms with van der Waals surface area (Å²) in [6.07, 6.45) is 3.30. The minimum atomic E-state index is -0.547. The average molecular weight is 308 g/mol. The summed E-state index contributed by atoms with van der Waals surface area (Å²) < 4.78 is 0. The number of benzene rings is 2. The zero-order valence-corrected chi connectivity index (χ0v) is 12.9. The highest BCUT2D eigenvalue weighted by Crippen LogP contribution is 2.31. The number of hydrogen-bond acceptors (Lipinski definition) is 3. The second-order valence-corrected chi connectivity index (χ2v) is 5.71. The van der Waals surface area contributed by atoms with Gasteiger partial charge < -0.3 is 0 Å². The minimum Gasteiger partial charge on any atom is -0.298 e. The molecule has 0 spiro atoms. The van der Waals surface area contributed by atoms with E-state index in [1.54, 1.807) is 12.1 Å². The molecule has 2 aromatic carbocycles. The molecule has 0 unspecified atom stereocenters. The van der Waals surface area contributed by atoms with Gasteiger partial charge in [-0.3, -0.25) is 10.2 Å². The molecule has 1 fully saturated rings. The molecule has 4 heteroatoms. The van der Waals surface area contributed by atoms with Gasteiger partial charge in [-0.05, 0) is 49.3 Å². The molecular weight excluding hydrogens is 288 g/mol. The van der Waals surface area contributed by atoms with E-state index in [0.717, 1.165) is 31.4 Å². The summed E-state index contributed by atoms with van der Waals surface area (Å²) in [7, 11) is 0. The van der Waals surface area contributed by atoms with Crippen LogP contribution >= 0.6 is 0 Å². The predicted molar refractivity (Wildman–Crippen MR) is 91.6 cm³/mol. The lowest BCUT2D eigenvalue weighted by Gasteiger charge is -2.22. The average Bonchev–Trinajstić information content (AvgIpc) is 2.62. The van der Waals surface area contributed by atoms with E-state index in [0.29, 0.717) is 11.6 Å². The van der Waals surface area contributed by atoms with Gasteiger partial charge >= 0.3 is 6.09 Å². The van der Waals surface area contributed by atoms with Crippen molar-refractivity contribution in [1.29, 1.82) is 0 Å². The van der Waals surface area contributed by atoms with Crippen LogP contribution in [0.5, 0.6) is 0 Å². The zero-order chi connectivity index (χ0) is 15.9. The molecule has 1 amide bonds. The van der Waals surface area contributed by atoms with Crippen LogP contribution < -0.4 is 5.32 Å². The third-order valence-corrected chi connectivity index (χ3v) is 4.11. The van der Waals surface area contributed by atoms with Gasteiger partial charge in [0, 0.05) is 5.69 Å². The third-order valence-electron chi connectivity index (χ3n) is 4.11. The molecule has 4 nitrogen and oxygen atoms in total. The van der Waals surface area contributed by atoms with Crippen molar-refractivity contribution in [3.8, 4) is 0 Å². The van der Waals surface area contributed by atoms with Gasteiger partial charge in [-0.1, -0.05) is 53.7 Å². The van der Waals surface area contributed by atoms with E-state index < -0.39 is 6.09 Å². The fraction of sp³-hybridized carbons (Fsp3) is 0.263. The van der Waals surface area contributed by atoms with Gasteiger partial charge in [-0.15, -0.1) is 0 Å². The van der Waals surface area contributed by atoms with E-state index in [1.165, 1.54) is 5.56 Å². The van der Waals surface area contributed by atoms with Crippen LogP contribution in [0.15, 0.2) is 65.8 Å². The Balaban J connectivity index is 1.48. The van der Waals surface area contributed by atoms with E-state index >= 15 is 0 Å². The number of carbonyl (C=O) groups excluding carboxylic acids is 1. The lowest BCUT2D eigenvalue weighted by molar-refractivity contribution is 0.165. The van der Waals surface area contributed by atoms with Gasteiger partial charge in [0.25, 0.3) is 0 Å². The molecule has 1 N–H and O–H groups in total. The van der Waals surface area contributed by atoms with E-state index in [9.17, 15) is 4.79 Å². The van der Waals surface area contributed by atoms with Gasteiger partial charge in [0.2, 0.25) is 0 Å². The van der Waals surface area contributed by atoms with Crippen LogP contribution in [-0.2, 0) is 4.84 Å². The number of para-hydroxylation sites is 1. The van der Waals surface area contributed by atoms with Crippen molar-refractivity contribution in [2.24, 2.45) is 5.16 Å². The van der Waals surface area contributed by atoms with Gasteiger partial charge in [0.15, 0.2) is 0 Å². The van der Waals surface area contributed by atoms with Crippen LogP contribution in [0.25, 0.3) is 0 Å². The third kappa shape index (κ3) is 4.42. The van der Waals surface area contributed by atoms with Gasteiger partial charge in [-0.2, -0.15) is 0 Å². The van der Waals surface area contributed by atoms with E-state index in [-0.39, 0.29) is 0 Å². The molecule has 0 atom stereocenters. The summed E-state index contributed by atoms with van der Waals surface area (Å²) >= 11 is 0. The number of anilines is 1. The number of amides is 1. The van der Waals surface area contributed by atoms with Crippen LogP contribution in [0.4, 0.5) is 10.5 Å². The quantitative estimate of drug-likeness (QED) is 0.644. The van der Waals surface area contributed by atoms with Gasteiger partial charge in [0.05, 0.1) is 5.71 Å². The minimum absolute atomic E-state index is 0.547. The number of nitrogens with one attached hydrogen (secondary N) is 1. The Morgan fingerprint density at radius 2 is 1.57 bits per heavy atom. The topological polar surface area (TPSA) is 50.7 Å². The van der Waals surface area contributed by atoms with Crippen LogP contribution in [-0.4, -0.2) is 11.8 Å². The molecular formula is C19H20N2O2. The Labute approximate surface area is 136 Å². The number of carbonyl (C=O) groups is 1. The summed E-state index contributed by atoms with van der Waals surface area (Å²) in [5.74, 6) is 0.577. The maximum atomic E-state index is 11.7. The second kappa shape index (κ2) is 7.58. The Kier molecular flexibility index (Phi) is 5.04. The number of hydrogen-bond donors (Lipinski definition) is 1. The molecule has 3 rings (SSSR count). The highest BCUT2D eigenvalue weighted by molar-refractivity contribution is 5.88. The molecule has 0 aromatic heterocycles. The summed E-state index contributed by atoms with van der Waals surface area (Å²) in [5.41, 5.74) is 3.04. The van der Waals surface area contributed by atoms with Gasteiger partial charge in [0.1, 0.15) is 0 Å². The van der Waals surface area contributed by atoms with Crippen molar-refractivity contribution in [2.75, 3.05) is 5.32 Å². The van der Waals surface area contributed by atoms with E-state index in [4.69, 9.17) is 4.84 Å². The Bertz CT molecular complexity index is 658.